The van der Waals surface area contributed by atoms with Crippen molar-refractivity contribution in [2.24, 2.45) is 16.8 Å². The van der Waals surface area contributed by atoms with Gasteiger partial charge in [0.2, 0.25) is 0 Å². The molecule has 0 aliphatic heterocycles. The van der Waals surface area contributed by atoms with Gasteiger partial charge in [0, 0.05) is 32.7 Å². The molecule has 1 aliphatic rings. The van der Waals surface area contributed by atoms with Gasteiger partial charge < -0.3 is 15.5 Å². The number of hydrogen-bond acceptors (Lipinski definition) is 2. The summed E-state index contributed by atoms with van der Waals surface area (Å²) in [4.78, 5) is 18.2. The lowest BCUT2D eigenvalue weighted by molar-refractivity contribution is 0.0827. The largest absolute Gasteiger partial charge is 0.357 e. The molecule has 2 atom stereocenters. The molecule has 27 heavy (non-hydrogen) atoms. The molecule has 5 nitrogen and oxygen atoms in total. The minimum atomic E-state index is 0. The molecule has 2 rings (SSSR count). The molecule has 1 fully saturated rings. The van der Waals surface area contributed by atoms with Gasteiger partial charge in [-0.25, -0.2) is 4.99 Å². The van der Waals surface area contributed by atoms with E-state index in [9.17, 15) is 4.79 Å². The van der Waals surface area contributed by atoms with E-state index in [1.165, 1.54) is 25.7 Å². The summed E-state index contributed by atoms with van der Waals surface area (Å²) in [5, 5.41) is 6.84. The van der Waals surface area contributed by atoms with E-state index < -0.39 is 0 Å². The molecule has 0 radical (unpaired) electrons. The van der Waals surface area contributed by atoms with Gasteiger partial charge in [-0.05, 0) is 42.9 Å². The van der Waals surface area contributed by atoms with Crippen molar-refractivity contribution in [2.75, 3.05) is 27.2 Å². The fraction of sp³-hybridized carbons (Fsp3) is 0.619. The van der Waals surface area contributed by atoms with E-state index in [1.807, 2.05) is 24.3 Å². The first-order valence-electron chi connectivity index (χ1n) is 9.84. The van der Waals surface area contributed by atoms with Gasteiger partial charge in [-0.2, -0.15) is 0 Å². The first kappa shape index (κ1) is 23.7. The molecule has 1 aromatic carbocycles. The van der Waals surface area contributed by atoms with Gasteiger partial charge in [0.1, 0.15) is 0 Å². The minimum Gasteiger partial charge on any atom is -0.357 e. The van der Waals surface area contributed by atoms with Crippen LogP contribution in [0.5, 0.6) is 0 Å². The molecule has 1 aliphatic carbocycles. The first-order chi connectivity index (χ1) is 12.5. The molecule has 0 aromatic heterocycles. The predicted octanol–water partition coefficient (Wildman–Crippen LogP) is 3.89. The third-order valence-electron chi connectivity index (χ3n) is 5.19. The second-order valence-electron chi connectivity index (χ2n) is 7.49. The van der Waals surface area contributed by atoms with Crippen molar-refractivity contribution >= 4 is 35.8 Å². The molecule has 6 heteroatoms. The Kier molecular flexibility index (Phi) is 10.7. The molecule has 0 spiro atoms. The average molecular weight is 486 g/mol. The van der Waals surface area contributed by atoms with Gasteiger partial charge >= 0.3 is 0 Å². The Bertz CT molecular complexity index is 601. The lowest BCUT2D eigenvalue weighted by Gasteiger charge is -2.29. The molecular weight excluding hydrogens is 451 g/mol. The van der Waals surface area contributed by atoms with Crippen molar-refractivity contribution in [1.82, 2.24) is 15.5 Å². The normalized spacial score (nSPS) is 19.8. The molecule has 2 N–H and O–H groups in total. The summed E-state index contributed by atoms with van der Waals surface area (Å²) in [5.41, 5.74) is 1.81. The molecule has 2 unspecified atom stereocenters. The van der Waals surface area contributed by atoms with E-state index in [0.717, 1.165) is 36.4 Å². The second kappa shape index (κ2) is 12.2. The van der Waals surface area contributed by atoms with Gasteiger partial charge in [0.05, 0.1) is 6.54 Å². The fourth-order valence-electron chi connectivity index (χ4n) is 3.45. The maximum absolute atomic E-state index is 11.9. The zero-order valence-electron chi connectivity index (χ0n) is 17.1. The van der Waals surface area contributed by atoms with Crippen LogP contribution in [0.2, 0.25) is 0 Å². The third-order valence-corrected chi connectivity index (χ3v) is 5.19. The number of carbonyl (C=O) groups excluding carboxylic acids is 1. The fourth-order valence-corrected chi connectivity index (χ4v) is 3.45. The summed E-state index contributed by atoms with van der Waals surface area (Å²) >= 11 is 0. The van der Waals surface area contributed by atoms with E-state index in [0.29, 0.717) is 12.1 Å². The number of aliphatic imine (C=N–C) groups is 1. The molecule has 1 aromatic rings. The van der Waals surface area contributed by atoms with Crippen molar-refractivity contribution in [3.8, 4) is 0 Å². The van der Waals surface area contributed by atoms with Crippen LogP contribution in [0.3, 0.4) is 0 Å². The van der Waals surface area contributed by atoms with Gasteiger partial charge in [-0.3, -0.25) is 4.79 Å². The number of amides is 1. The highest BCUT2D eigenvalue weighted by atomic mass is 127. The average Bonchev–Trinajstić information content (AvgIpc) is 2.65. The van der Waals surface area contributed by atoms with Crippen molar-refractivity contribution < 1.29 is 4.79 Å². The number of rotatable bonds is 6. The summed E-state index contributed by atoms with van der Waals surface area (Å²) in [6.45, 7) is 6.89. The van der Waals surface area contributed by atoms with Gasteiger partial charge in [-0.1, -0.05) is 38.3 Å². The topological polar surface area (TPSA) is 56.7 Å². The number of nitrogens with one attached hydrogen (secondary N) is 2. The predicted molar refractivity (Wildman–Crippen MR) is 124 cm³/mol. The maximum atomic E-state index is 11.9. The van der Waals surface area contributed by atoms with Crippen LogP contribution in [0.1, 0.15) is 55.5 Å². The highest BCUT2D eigenvalue weighted by Crippen LogP contribution is 2.28. The SMILES string of the molecule is CCNC(=NCc1ccc(C(=O)N(C)C)cc1)NCC1CCCCC1C.I. The van der Waals surface area contributed by atoms with Gasteiger partial charge in [0.15, 0.2) is 5.96 Å². The van der Waals surface area contributed by atoms with Crippen LogP contribution in [0.15, 0.2) is 29.3 Å². The van der Waals surface area contributed by atoms with E-state index in [-0.39, 0.29) is 29.9 Å². The Balaban J connectivity index is 0.00000364. The number of hydrogen-bond donors (Lipinski definition) is 2. The van der Waals surface area contributed by atoms with Crippen molar-refractivity contribution in [3.63, 3.8) is 0 Å². The van der Waals surface area contributed by atoms with Crippen LogP contribution in [0.4, 0.5) is 0 Å². The summed E-state index contributed by atoms with van der Waals surface area (Å²) in [6.07, 6.45) is 5.38. The van der Waals surface area contributed by atoms with Crippen molar-refractivity contribution in [2.45, 2.75) is 46.1 Å². The van der Waals surface area contributed by atoms with Crippen LogP contribution in [-0.4, -0.2) is 44.0 Å². The van der Waals surface area contributed by atoms with Crippen molar-refractivity contribution in [3.05, 3.63) is 35.4 Å². The Morgan fingerprint density at radius 1 is 1.15 bits per heavy atom. The molecule has 1 saturated carbocycles. The highest BCUT2D eigenvalue weighted by Gasteiger charge is 2.21. The molecule has 0 bridgehead atoms. The lowest BCUT2D eigenvalue weighted by atomic mass is 9.80. The van der Waals surface area contributed by atoms with Gasteiger partial charge in [0.25, 0.3) is 5.91 Å². The number of carbonyl (C=O) groups is 1. The standard InChI is InChI=1S/C21H34N4O.HI/c1-5-22-21(24-15-19-9-7-6-8-16(19)2)23-14-17-10-12-18(13-11-17)20(26)25(3)4;/h10-13,16,19H,5-9,14-15H2,1-4H3,(H2,22,23,24);1H. The van der Waals surface area contributed by atoms with E-state index in [1.54, 1.807) is 19.0 Å². The number of nitrogens with zero attached hydrogens (tertiary/aromatic N) is 2. The maximum Gasteiger partial charge on any atom is 0.253 e. The van der Waals surface area contributed by atoms with E-state index >= 15 is 0 Å². The van der Waals surface area contributed by atoms with Crippen LogP contribution >= 0.6 is 24.0 Å². The smallest absolute Gasteiger partial charge is 0.253 e. The van der Waals surface area contributed by atoms with Crippen LogP contribution < -0.4 is 10.6 Å². The molecule has 0 saturated heterocycles. The van der Waals surface area contributed by atoms with Crippen molar-refractivity contribution in [1.29, 1.82) is 0 Å². The summed E-state index contributed by atoms with van der Waals surface area (Å²) < 4.78 is 0. The Hall–Kier alpha value is -1.31. The summed E-state index contributed by atoms with van der Waals surface area (Å²) in [5.74, 6) is 2.43. The van der Waals surface area contributed by atoms with Crippen LogP contribution in [-0.2, 0) is 6.54 Å². The van der Waals surface area contributed by atoms with E-state index in [2.05, 4.69) is 24.5 Å². The minimum absolute atomic E-state index is 0. The quantitative estimate of drug-likeness (QED) is 0.365. The Morgan fingerprint density at radius 3 is 2.41 bits per heavy atom. The zero-order chi connectivity index (χ0) is 18.9. The summed E-state index contributed by atoms with van der Waals surface area (Å²) in [7, 11) is 3.53. The zero-order valence-corrected chi connectivity index (χ0v) is 19.5. The van der Waals surface area contributed by atoms with Gasteiger partial charge in [-0.15, -0.1) is 24.0 Å². The van der Waals surface area contributed by atoms with E-state index in [4.69, 9.17) is 4.99 Å². The number of halogens is 1. The second-order valence-corrected chi connectivity index (χ2v) is 7.49. The molecular formula is C21H35IN4O. The van der Waals surface area contributed by atoms with Crippen LogP contribution in [0, 0.1) is 11.8 Å². The molecule has 1 amide bonds. The highest BCUT2D eigenvalue weighted by molar-refractivity contribution is 14.0. The molecule has 0 heterocycles. The molecule has 152 valence electrons. The van der Waals surface area contributed by atoms with Crippen LogP contribution in [0.25, 0.3) is 0 Å². The third kappa shape index (κ3) is 7.68. The number of benzene rings is 1. The lowest BCUT2D eigenvalue weighted by Crippen LogP contribution is -2.41. The number of guanidine groups is 1. The Labute approximate surface area is 181 Å². The Morgan fingerprint density at radius 2 is 1.81 bits per heavy atom. The first-order valence-corrected chi connectivity index (χ1v) is 9.84. The summed E-state index contributed by atoms with van der Waals surface area (Å²) in [6, 6.07) is 7.70. The monoisotopic (exact) mass is 486 g/mol.